The Morgan fingerprint density at radius 2 is 2.20 bits per heavy atom. The highest BCUT2D eigenvalue weighted by atomic mass is 35.5. The van der Waals surface area contributed by atoms with Crippen molar-refractivity contribution in [2.75, 3.05) is 11.4 Å². The summed E-state index contributed by atoms with van der Waals surface area (Å²) in [4.78, 5) is 12.8. The molecule has 0 aliphatic rings. The van der Waals surface area contributed by atoms with Gasteiger partial charge in [0.1, 0.15) is 12.3 Å². The van der Waals surface area contributed by atoms with E-state index in [9.17, 15) is 4.79 Å². The third-order valence-electron chi connectivity index (χ3n) is 3.03. The number of carboxylic acid groups (broad SMARTS) is 1. The van der Waals surface area contributed by atoms with Crippen LogP contribution in [0.3, 0.4) is 0 Å². The number of carboxylic acids is 1. The van der Waals surface area contributed by atoms with E-state index in [1.54, 1.807) is 23.1 Å². The van der Waals surface area contributed by atoms with Gasteiger partial charge in [-0.15, -0.1) is 0 Å². The molecule has 0 fully saturated rings. The van der Waals surface area contributed by atoms with Crippen molar-refractivity contribution in [3.05, 3.63) is 46.3 Å². The highest BCUT2D eigenvalue weighted by Crippen LogP contribution is 2.23. The topological polar surface area (TPSA) is 66.6 Å². The molecule has 0 spiro atoms. The van der Waals surface area contributed by atoms with Gasteiger partial charge < -0.3 is 14.5 Å². The van der Waals surface area contributed by atoms with Gasteiger partial charge in [-0.1, -0.05) is 22.8 Å². The molecule has 106 valence electrons. The molecule has 0 atom stereocenters. The van der Waals surface area contributed by atoms with E-state index in [-0.39, 0.29) is 6.54 Å². The summed E-state index contributed by atoms with van der Waals surface area (Å²) in [5.41, 5.74) is 2.41. The van der Waals surface area contributed by atoms with Crippen LogP contribution in [-0.4, -0.2) is 22.8 Å². The fourth-order valence-corrected chi connectivity index (χ4v) is 2.18. The van der Waals surface area contributed by atoms with E-state index in [2.05, 4.69) is 5.16 Å². The highest BCUT2D eigenvalue weighted by molar-refractivity contribution is 6.30. The Balaban J connectivity index is 2.31. The summed E-state index contributed by atoms with van der Waals surface area (Å²) in [5, 5.41) is 13.5. The molecule has 2 aromatic rings. The molecule has 1 aromatic carbocycles. The minimum Gasteiger partial charge on any atom is -0.480 e. The van der Waals surface area contributed by atoms with Crippen molar-refractivity contribution < 1.29 is 14.4 Å². The number of hydrogen-bond acceptors (Lipinski definition) is 4. The van der Waals surface area contributed by atoms with Gasteiger partial charge in [-0.2, -0.15) is 0 Å². The molecule has 1 N–H and O–H groups in total. The van der Waals surface area contributed by atoms with Crippen LogP contribution in [0.2, 0.25) is 5.02 Å². The van der Waals surface area contributed by atoms with Crippen LogP contribution in [0.4, 0.5) is 5.69 Å². The number of carbonyl (C=O) groups is 1. The first-order chi connectivity index (χ1) is 9.47. The quantitative estimate of drug-likeness (QED) is 0.918. The van der Waals surface area contributed by atoms with Gasteiger partial charge in [0.05, 0.1) is 5.69 Å². The summed E-state index contributed by atoms with van der Waals surface area (Å²) >= 11 is 5.96. The Kier molecular flexibility index (Phi) is 4.29. The molecule has 0 amide bonds. The van der Waals surface area contributed by atoms with Crippen molar-refractivity contribution >= 4 is 23.3 Å². The second-order valence-electron chi connectivity index (χ2n) is 4.53. The molecule has 0 aliphatic heterocycles. The third-order valence-corrected chi connectivity index (χ3v) is 3.26. The van der Waals surface area contributed by atoms with Crippen molar-refractivity contribution in [3.8, 4) is 0 Å². The second-order valence-corrected chi connectivity index (χ2v) is 4.97. The van der Waals surface area contributed by atoms with Crippen LogP contribution in [0, 0.1) is 13.8 Å². The lowest BCUT2D eigenvalue weighted by atomic mass is 10.1. The number of rotatable bonds is 5. The van der Waals surface area contributed by atoms with Crippen molar-refractivity contribution in [2.24, 2.45) is 0 Å². The Labute approximate surface area is 121 Å². The Bertz CT molecular complexity index is 605. The number of aromatic nitrogens is 1. The van der Waals surface area contributed by atoms with E-state index < -0.39 is 5.97 Å². The number of halogens is 1. The standard InChI is InChI=1S/C14H15ClN2O3/c1-9-13(10(2)20-16-9)7-17(8-14(18)19)12-5-3-4-11(15)6-12/h3-6H,7-8H2,1-2H3,(H,18,19). The zero-order valence-electron chi connectivity index (χ0n) is 11.3. The van der Waals surface area contributed by atoms with E-state index in [0.29, 0.717) is 17.3 Å². The SMILES string of the molecule is Cc1noc(C)c1CN(CC(=O)O)c1cccc(Cl)c1. The lowest BCUT2D eigenvalue weighted by Crippen LogP contribution is -2.29. The smallest absolute Gasteiger partial charge is 0.323 e. The number of aryl methyl sites for hydroxylation is 2. The van der Waals surface area contributed by atoms with E-state index >= 15 is 0 Å². The summed E-state index contributed by atoms with van der Waals surface area (Å²) in [5.74, 6) is -0.211. The molecule has 0 radical (unpaired) electrons. The Morgan fingerprint density at radius 1 is 1.45 bits per heavy atom. The van der Waals surface area contributed by atoms with Gasteiger partial charge in [0.2, 0.25) is 0 Å². The molecule has 0 saturated carbocycles. The van der Waals surface area contributed by atoms with Crippen LogP contribution in [0.25, 0.3) is 0 Å². The molecular weight excluding hydrogens is 280 g/mol. The largest absolute Gasteiger partial charge is 0.480 e. The molecule has 0 unspecified atom stereocenters. The summed E-state index contributed by atoms with van der Waals surface area (Å²) in [6.45, 7) is 3.94. The zero-order chi connectivity index (χ0) is 14.7. The molecule has 20 heavy (non-hydrogen) atoms. The Hall–Kier alpha value is -2.01. The van der Waals surface area contributed by atoms with Crippen LogP contribution in [-0.2, 0) is 11.3 Å². The number of anilines is 1. The van der Waals surface area contributed by atoms with Crippen LogP contribution >= 0.6 is 11.6 Å². The van der Waals surface area contributed by atoms with Crippen molar-refractivity contribution in [1.82, 2.24) is 5.16 Å². The maximum atomic E-state index is 11.1. The summed E-state index contributed by atoms with van der Waals surface area (Å²) < 4.78 is 5.11. The van der Waals surface area contributed by atoms with Crippen LogP contribution < -0.4 is 4.90 Å². The molecule has 0 bridgehead atoms. The molecular formula is C14H15ClN2O3. The summed E-state index contributed by atoms with van der Waals surface area (Å²) in [7, 11) is 0. The zero-order valence-corrected chi connectivity index (χ0v) is 12.0. The Morgan fingerprint density at radius 3 is 2.75 bits per heavy atom. The van der Waals surface area contributed by atoms with Gasteiger partial charge in [-0.25, -0.2) is 0 Å². The first-order valence-electron chi connectivity index (χ1n) is 6.11. The minimum atomic E-state index is -0.906. The second kappa shape index (κ2) is 5.96. The maximum absolute atomic E-state index is 11.1. The average molecular weight is 295 g/mol. The van der Waals surface area contributed by atoms with E-state index in [1.807, 2.05) is 19.9 Å². The predicted molar refractivity (Wildman–Crippen MR) is 76.1 cm³/mol. The van der Waals surface area contributed by atoms with Crippen molar-refractivity contribution in [3.63, 3.8) is 0 Å². The number of benzene rings is 1. The minimum absolute atomic E-state index is 0.121. The average Bonchev–Trinajstić information content (AvgIpc) is 2.69. The van der Waals surface area contributed by atoms with Gasteiger partial charge in [-0.05, 0) is 32.0 Å². The van der Waals surface area contributed by atoms with Gasteiger partial charge in [0.15, 0.2) is 0 Å². The lowest BCUT2D eigenvalue weighted by Gasteiger charge is -2.23. The molecule has 0 aliphatic carbocycles. The molecule has 1 heterocycles. The normalized spacial score (nSPS) is 10.6. The fourth-order valence-electron chi connectivity index (χ4n) is 1.99. The van der Waals surface area contributed by atoms with Crippen LogP contribution in [0.5, 0.6) is 0 Å². The molecule has 2 rings (SSSR count). The van der Waals surface area contributed by atoms with Gasteiger partial charge in [0, 0.05) is 22.8 Å². The van der Waals surface area contributed by atoms with Gasteiger partial charge in [0.25, 0.3) is 0 Å². The fraction of sp³-hybridized carbons (Fsp3) is 0.286. The van der Waals surface area contributed by atoms with E-state index in [0.717, 1.165) is 16.9 Å². The molecule has 6 heteroatoms. The number of hydrogen-bond donors (Lipinski definition) is 1. The lowest BCUT2D eigenvalue weighted by molar-refractivity contribution is -0.135. The molecule has 1 aromatic heterocycles. The monoisotopic (exact) mass is 294 g/mol. The summed E-state index contributed by atoms with van der Waals surface area (Å²) in [6.07, 6.45) is 0. The molecule has 0 saturated heterocycles. The predicted octanol–water partition coefficient (Wildman–Crippen LogP) is 3.04. The number of nitrogens with zero attached hydrogens (tertiary/aromatic N) is 2. The van der Waals surface area contributed by atoms with Crippen LogP contribution in [0.15, 0.2) is 28.8 Å². The van der Waals surface area contributed by atoms with Crippen molar-refractivity contribution in [1.29, 1.82) is 0 Å². The van der Waals surface area contributed by atoms with Crippen LogP contribution in [0.1, 0.15) is 17.0 Å². The van der Waals surface area contributed by atoms with E-state index in [4.69, 9.17) is 21.2 Å². The first kappa shape index (κ1) is 14.4. The van der Waals surface area contributed by atoms with Gasteiger partial charge >= 0.3 is 5.97 Å². The van der Waals surface area contributed by atoms with Crippen molar-refractivity contribution in [2.45, 2.75) is 20.4 Å². The van der Waals surface area contributed by atoms with E-state index in [1.165, 1.54) is 0 Å². The highest BCUT2D eigenvalue weighted by Gasteiger charge is 2.17. The maximum Gasteiger partial charge on any atom is 0.323 e. The van der Waals surface area contributed by atoms with Gasteiger partial charge in [-0.3, -0.25) is 4.79 Å². The summed E-state index contributed by atoms with van der Waals surface area (Å²) in [6, 6.07) is 7.11. The molecule has 5 nitrogen and oxygen atoms in total. The third kappa shape index (κ3) is 3.30. The number of aliphatic carboxylic acids is 1. The first-order valence-corrected chi connectivity index (χ1v) is 6.49.